The first-order valence-electron chi connectivity index (χ1n) is 8.42. The second-order valence-corrected chi connectivity index (χ2v) is 7.52. The van der Waals surface area contributed by atoms with Gasteiger partial charge in [0.15, 0.2) is 0 Å². The van der Waals surface area contributed by atoms with Crippen molar-refractivity contribution in [2.45, 2.75) is 26.3 Å². The Morgan fingerprint density at radius 3 is 2.38 bits per heavy atom. The SMILES string of the molecule is CCC(C)NC(=O)CN1CCN(C(=O)c2c(O)c(Cl)cc(Cl)c2Cl)CC1. The molecule has 1 unspecified atom stereocenters. The number of amides is 2. The zero-order chi connectivity index (χ0) is 19.4. The minimum absolute atomic E-state index is 0.0195. The molecule has 1 fully saturated rings. The van der Waals surface area contributed by atoms with Crippen molar-refractivity contribution in [3.63, 3.8) is 0 Å². The Kier molecular flexibility index (Phi) is 7.41. The highest BCUT2D eigenvalue weighted by Gasteiger charge is 2.28. The number of phenols is 1. The van der Waals surface area contributed by atoms with Gasteiger partial charge >= 0.3 is 0 Å². The minimum atomic E-state index is -0.430. The van der Waals surface area contributed by atoms with E-state index in [1.54, 1.807) is 4.90 Å². The highest BCUT2D eigenvalue weighted by Crippen LogP contribution is 2.39. The number of nitrogens with one attached hydrogen (secondary N) is 1. The number of halogens is 3. The molecule has 1 saturated heterocycles. The molecule has 0 spiro atoms. The quantitative estimate of drug-likeness (QED) is 0.716. The van der Waals surface area contributed by atoms with Gasteiger partial charge in [-0.3, -0.25) is 14.5 Å². The van der Waals surface area contributed by atoms with Crippen LogP contribution in [-0.2, 0) is 4.79 Å². The fraction of sp³-hybridized carbons (Fsp3) is 0.529. The number of carbonyl (C=O) groups is 2. The molecular weight excluding hydrogens is 401 g/mol. The molecule has 0 saturated carbocycles. The van der Waals surface area contributed by atoms with Crippen molar-refractivity contribution >= 4 is 46.6 Å². The molecule has 0 aromatic heterocycles. The second kappa shape index (κ2) is 9.13. The summed E-state index contributed by atoms with van der Waals surface area (Å²) in [5.74, 6) is -0.830. The van der Waals surface area contributed by atoms with Crippen molar-refractivity contribution in [3.05, 3.63) is 26.7 Å². The second-order valence-electron chi connectivity index (χ2n) is 6.32. The molecule has 0 aliphatic carbocycles. The molecule has 26 heavy (non-hydrogen) atoms. The summed E-state index contributed by atoms with van der Waals surface area (Å²) < 4.78 is 0. The van der Waals surface area contributed by atoms with E-state index < -0.39 is 5.91 Å². The molecular formula is C17H22Cl3N3O3. The van der Waals surface area contributed by atoms with E-state index in [0.717, 1.165) is 6.42 Å². The highest BCUT2D eigenvalue weighted by molar-refractivity contribution is 6.45. The van der Waals surface area contributed by atoms with Crippen LogP contribution in [0.15, 0.2) is 6.07 Å². The lowest BCUT2D eigenvalue weighted by atomic mass is 10.1. The lowest BCUT2D eigenvalue weighted by Crippen LogP contribution is -2.51. The van der Waals surface area contributed by atoms with E-state index in [0.29, 0.717) is 32.7 Å². The largest absolute Gasteiger partial charge is 0.505 e. The van der Waals surface area contributed by atoms with E-state index in [1.165, 1.54) is 6.07 Å². The maximum absolute atomic E-state index is 12.7. The number of aromatic hydroxyl groups is 1. The first-order chi connectivity index (χ1) is 12.2. The van der Waals surface area contributed by atoms with Gasteiger partial charge in [-0.15, -0.1) is 0 Å². The predicted molar refractivity (Wildman–Crippen MR) is 103 cm³/mol. The summed E-state index contributed by atoms with van der Waals surface area (Å²) in [4.78, 5) is 28.2. The highest BCUT2D eigenvalue weighted by atomic mass is 35.5. The molecule has 1 aromatic rings. The molecule has 1 aliphatic heterocycles. The van der Waals surface area contributed by atoms with Gasteiger partial charge in [-0.2, -0.15) is 0 Å². The summed E-state index contributed by atoms with van der Waals surface area (Å²) in [5.41, 5.74) is -0.0906. The summed E-state index contributed by atoms with van der Waals surface area (Å²) >= 11 is 17.9. The minimum Gasteiger partial charge on any atom is -0.505 e. The molecule has 1 atom stereocenters. The summed E-state index contributed by atoms with van der Waals surface area (Å²) in [6.45, 7) is 6.18. The van der Waals surface area contributed by atoms with E-state index in [2.05, 4.69) is 5.32 Å². The topological polar surface area (TPSA) is 72.9 Å². The lowest BCUT2D eigenvalue weighted by Gasteiger charge is -2.34. The normalized spacial score (nSPS) is 16.4. The zero-order valence-corrected chi connectivity index (χ0v) is 17.0. The van der Waals surface area contributed by atoms with Gasteiger partial charge in [-0.1, -0.05) is 41.7 Å². The Labute approximate surface area is 168 Å². The van der Waals surface area contributed by atoms with Gasteiger partial charge in [0.05, 0.1) is 21.6 Å². The van der Waals surface area contributed by atoms with E-state index in [9.17, 15) is 14.7 Å². The van der Waals surface area contributed by atoms with Gasteiger partial charge in [-0.05, 0) is 19.4 Å². The summed E-state index contributed by atoms with van der Waals surface area (Å²) in [5, 5.41) is 13.1. The van der Waals surface area contributed by atoms with Crippen LogP contribution in [-0.4, -0.2) is 65.5 Å². The summed E-state index contributed by atoms with van der Waals surface area (Å²) in [7, 11) is 0. The van der Waals surface area contributed by atoms with Crippen LogP contribution < -0.4 is 5.32 Å². The molecule has 9 heteroatoms. The van der Waals surface area contributed by atoms with Gasteiger partial charge in [-0.25, -0.2) is 0 Å². The summed E-state index contributed by atoms with van der Waals surface area (Å²) in [6, 6.07) is 1.44. The number of phenolic OH excluding ortho intramolecular Hbond substituents is 1. The third-order valence-corrected chi connectivity index (χ3v) is 5.48. The van der Waals surface area contributed by atoms with E-state index in [4.69, 9.17) is 34.8 Å². The number of hydrogen-bond acceptors (Lipinski definition) is 4. The molecule has 144 valence electrons. The van der Waals surface area contributed by atoms with E-state index >= 15 is 0 Å². The number of hydrogen-bond donors (Lipinski definition) is 2. The maximum atomic E-state index is 12.7. The number of rotatable bonds is 5. The Hall–Kier alpha value is -1.21. The first-order valence-corrected chi connectivity index (χ1v) is 9.55. The van der Waals surface area contributed by atoms with Gasteiger partial charge in [0.1, 0.15) is 11.3 Å². The molecule has 2 N–H and O–H groups in total. The maximum Gasteiger partial charge on any atom is 0.259 e. The molecule has 1 aliphatic rings. The van der Waals surface area contributed by atoms with Crippen molar-refractivity contribution in [2.75, 3.05) is 32.7 Å². The van der Waals surface area contributed by atoms with Gasteiger partial charge < -0.3 is 15.3 Å². The average molecular weight is 423 g/mol. The molecule has 0 radical (unpaired) electrons. The molecule has 1 heterocycles. The Bertz CT molecular complexity index is 665. The van der Waals surface area contributed by atoms with E-state index in [-0.39, 0.29) is 38.3 Å². The molecule has 6 nitrogen and oxygen atoms in total. The number of benzene rings is 1. The standard InChI is InChI=1S/C17H22Cl3N3O3/c1-3-10(2)21-13(24)9-22-4-6-23(7-5-22)17(26)14-15(20)11(18)8-12(19)16(14)25/h8,10,25H,3-7,9H2,1-2H3,(H,21,24). The van der Waals surface area contributed by atoms with Gasteiger partial charge in [0.2, 0.25) is 5.91 Å². The van der Waals surface area contributed by atoms with Crippen LogP contribution in [0.2, 0.25) is 15.1 Å². The van der Waals surface area contributed by atoms with Crippen LogP contribution in [0.3, 0.4) is 0 Å². The zero-order valence-electron chi connectivity index (χ0n) is 14.7. The molecule has 2 amide bonds. The van der Waals surface area contributed by atoms with Gasteiger partial charge in [0, 0.05) is 32.2 Å². The van der Waals surface area contributed by atoms with E-state index in [1.807, 2.05) is 18.7 Å². The van der Waals surface area contributed by atoms with Crippen LogP contribution in [0, 0.1) is 0 Å². The van der Waals surface area contributed by atoms with Crippen molar-refractivity contribution in [3.8, 4) is 5.75 Å². The Morgan fingerprint density at radius 2 is 1.81 bits per heavy atom. The Morgan fingerprint density at radius 1 is 1.19 bits per heavy atom. The average Bonchev–Trinajstić information content (AvgIpc) is 2.60. The van der Waals surface area contributed by atoms with Crippen LogP contribution >= 0.6 is 34.8 Å². The number of nitrogens with zero attached hydrogens (tertiary/aromatic N) is 2. The van der Waals surface area contributed by atoms with Crippen LogP contribution in [0.4, 0.5) is 0 Å². The molecule has 0 bridgehead atoms. The van der Waals surface area contributed by atoms with Crippen molar-refractivity contribution in [1.29, 1.82) is 0 Å². The van der Waals surface area contributed by atoms with Crippen LogP contribution in [0.25, 0.3) is 0 Å². The monoisotopic (exact) mass is 421 g/mol. The fourth-order valence-electron chi connectivity index (χ4n) is 2.67. The van der Waals surface area contributed by atoms with Crippen molar-refractivity contribution in [2.24, 2.45) is 0 Å². The Balaban J connectivity index is 1.98. The fourth-order valence-corrected chi connectivity index (χ4v) is 3.36. The molecule has 1 aromatic carbocycles. The number of piperazine rings is 1. The smallest absolute Gasteiger partial charge is 0.259 e. The number of carbonyl (C=O) groups excluding carboxylic acids is 2. The van der Waals surface area contributed by atoms with Crippen molar-refractivity contribution in [1.82, 2.24) is 15.1 Å². The summed E-state index contributed by atoms with van der Waals surface area (Å²) in [6.07, 6.45) is 0.875. The third-order valence-electron chi connectivity index (χ3n) is 4.41. The first kappa shape index (κ1) is 21.1. The van der Waals surface area contributed by atoms with Crippen LogP contribution in [0.1, 0.15) is 30.6 Å². The predicted octanol–water partition coefficient (Wildman–Crippen LogP) is 3.02. The van der Waals surface area contributed by atoms with Crippen LogP contribution in [0.5, 0.6) is 5.75 Å². The lowest BCUT2D eigenvalue weighted by molar-refractivity contribution is -0.123. The van der Waals surface area contributed by atoms with Crippen molar-refractivity contribution < 1.29 is 14.7 Å². The third kappa shape index (κ3) is 4.94. The molecule has 2 rings (SSSR count). The van der Waals surface area contributed by atoms with Gasteiger partial charge in [0.25, 0.3) is 5.91 Å².